The van der Waals surface area contributed by atoms with Gasteiger partial charge in [-0.2, -0.15) is 0 Å². The SMILES string of the molecule is CCCCC1C=C2NC3CC(C[C@@H](C)CC)C4NC5[C@H](CCC)[C@H](C)C6NC7[C@H](C)[C@H](CCC)C8NC1N2[N+](N34)(N87)N65. The van der Waals surface area contributed by atoms with E-state index in [1.165, 1.54) is 70.0 Å². The van der Waals surface area contributed by atoms with Crippen LogP contribution >= 0.6 is 0 Å². The molecule has 7 saturated heterocycles. The summed E-state index contributed by atoms with van der Waals surface area (Å²) in [6, 6.07) is 0. The van der Waals surface area contributed by atoms with E-state index in [-0.39, 0.29) is 0 Å². The Morgan fingerprint density at radius 3 is 2.00 bits per heavy atom. The van der Waals surface area contributed by atoms with Gasteiger partial charge in [-0.3, -0.25) is 16.0 Å². The summed E-state index contributed by atoms with van der Waals surface area (Å²) < 4.78 is 0. The van der Waals surface area contributed by atoms with Gasteiger partial charge in [0.15, 0.2) is 5.82 Å². The highest BCUT2D eigenvalue weighted by Crippen LogP contribution is 2.60. The standard InChI is InChI=1S/C33H60N9/c1-8-12-15-22-17-26-34-27-18-23(16-19(5)11-4)31-37-33-25(14-10-3)21(7)29-35-28-20(6)24(13-9-2)32-36-30(22)38(26)42(39(27)31,40(28)32)41(29)33/h17,19-25,27-37H,8-16,18H2,1-7H3/q+1/t19-,20+,21-,22?,23?,24-,25+,27?,28?,29?,30?,31?,32?,33?,42?/m0/s1. The third-order valence-electron chi connectivity index (χ3n) is 13.3. The lowest BCUT2D eigenvalue weighted by Crippen LogP contribution is -3.00. The van der Waals surface area contributed by atoms with Crippen molar-refractivity contribution in [3.05, 3.63) is 11.9 Å². The highest BCUT2D eigenvalue weighted by atomic mass is 16.4. The molecule has 1 spiro atoms. The molecule has 42 heavy (non-hydrogen) atoms. The van der Waals surface area contributed by atoms with Crippen molar-refractivity contribution in [2.24, 2.45) is 41.4 Å². The van der Waals surface area contributed by atoms with Gasteiger partial charge in [0.25, 0.3) is 0 Å². The molecule has 0 radical (unpaired) electrons. The van der Waals surface area contributed by atoms with E-state index in [0.717, 1.165) is 10.8 Å². The molecule has 0 amide bonds. The van der Waals surface area contributed by atoms with E-state index < -0.39 is 0 Å². The highest BCUT2D eigenvalue weighted by molar-refractivity contribution is 5.18. The zero-order valence-electron chi connectivity index (χ0n) is 27.5. The number of rotatable bonds is 10. The van der Waals surface area contributed by atoms with E-state index in [1.807, 2.05) is 0 Å². The van der Waals surface area contributed by atoms with Crippen LogP contribution in [0.3, 0.4) is 0 Å². The van der Waals surface area contributed by atoms with Crippen molar-refractivity contribution >= 4 is 0 Å². The number of unbranched alkanes of at least 4 members (excludes halogenated alkanes) is 1. The van der Waals surface area contributed by atoms with Gasteiger partial charge in [-0.15, -0.1) is 5.01 Å². The maximum Gasteiger partial charge on any atom is 0.157 e. The van der Waals surface area contributed by atoms with Crippen LogP contribution in [-0.4, -0.2) is 68.1 Å². The molecule has 0 aliphatic carbocycles. The van der Waals surface area contributed by atoms with E-state index in [9.17, 15) is 0 Å². The molecule has 0 aromatic heterocycles. The largest absolute Gasteiger partial charge is 0.348 e. The molecule has 0 saturated carbocycles. The van der Waals surface area contributed by atoms with Gasteiger partial charge < -0.3 is 5.32 Å². The summed E-state index contributed by atoms with van der Waals surface area (Å²) in [7, 11) is 0. The van der Waals surface area contributed by atoms with E-state index >= 15 is 0 Å². The molecule has 7 fully saturated rings. The molecule has 8 aliphatic rings. The van der Waals surface area contributed by atoms with Gasteiger partial charge in [-0.05, 0) is 73.7 Å². The Bertz CT molecular complexity index is 1060. The maximum atomic E-state index is 4.42. The maximum absolute atomic E-state index is 4.42. The van der Waals surface area contributed by atoms with Crippen molar-refractivity contribution in [3.63, 3.8) is 0 Å². The number of hydrogen-bond donors (Lipinski definition) is 4. The molecule has 8 heterocycles. The predicted molar refractivity (Wildman–Crippen MR) is 165 cm³/mol. The first-order chi connectivity index (χ1) is 20.4. The molecule has 0 aromatic carbocycles. The molecule has 236 valence electrons. The predicted octanol–water partition coefficient (Wildman–Crippen LogP) is 4.62. The minimum absolute atomic E-state index is 0.332. The number of quaternary nitrogens is 1. The van der Waals surface area contributed by atoms with Crippen LogP contribution in [0.15, 0.2) is 11.9 Å². The Kier molecular flexibility index (Phi) is 6.99. The topological polar surface area (TPSA) is 61.1 Å². The summed E-state index contributed by atoms with van der Waals surface area (Å²) in [4.78, 5) is 0.811. The monoisotopic (exact) mass is 582 g/mol. The molecule has 15 atom stereocenters. The molecule has 0 bridgehead atoms. The van der Waals surface area contributed by atoms with Crippen molar-refractivity contribution in [3.8, 4) is 0 Å². The molecule has 0 aromatic rings. The second-order valence-corrected chi connectivity index (χ2v) is 15.6. The molecule has 8 rings (SSSR count). The average molecular weight is 583 g/mol. The number of nitrogens with one attached hydrogen (secondary N) is 4. The second-order valence-electron chi connectivity index (χ2n) is 15.6. The van der Waals surface area contributed by atoms with E-state index in [2.05, 4.69) is 95.8 Å². The summed E-state index contributed by atoms with van der Waals surface area (Å²) in [6.07, 6.45) is 18.0. The fourth-order valence-electron chi connectivity index (χ4n) is 11.2. The Labute approximate surface area is 255 Å². The molecule has 4 N–H and O–H groups in total. The van der Waals surface area contributed by atoms with Gasteiger partial charge in [-0.25, -0.2) is 0 Å². The van der Waals surface area contributed by atoms with Crippen LogP contribution in [0.1, 0.15) is 113 Å². The second kappa shape index (κ2) is 10.3. The van der Waals surface area contributed by atoms with Crippen LogP contribution in [0.4, 0.5) is 0 Å². The quantitative estimate of drug-likeness (QED) is 0.279. The lowest BCUT2D eigenvalue weighted by atomic mass is 9.87. The first-order valence-corrected chi connectivity index (χ1v) is 18.2. The minimum atomic E-state index is 0.332. The van der Waals surface area contributed by atoms with Gasteiger partial charge in [0, 0.05) is 10.8 Å². The van der Waals surface area contributed by atoms with E-state index in [1.54, 1.807) is 0 Å². The smallest absolute Gasteiger partial charge is 0.157 e. The Balaban J connectivity index is 1.33. The Morgan fingerprint density at radius 1 is 0.786 bits per heavy atom. The fraction of sp³-hybridized carbons (Fsp3) is 0.939. The Morgan fingerprint density at radius 2 is 1.40 bits per heavy atom. The van der Waals surface area contributed by atoms with Gasteiger partial charge >= 0.3 is 0 Å². The van der Waals surface area contributed by atoms with Crippen LogP contribution in [0.5, 0.6) is 0 Å². The summed E-state index contributed by atoms with van der Waals surface area (Å²) in [6.45, 7) is 17.1. The lowest BCUT2D eigenvalue weighted by molar-refractivity contribution is -1.31. The van der Waals surface area contributed by atoms with Crippen molar-refractivity contribution in [1.29, 1.82) is 0 Å². The summed E-state index contributed by atoms with van der Waals surface area (Å²) >= 11 is 0. The lowest BCUT2D eigenvalue weighted by Gasteiger charge is -2.70. The molecular weight excluding hydrogens is 522 g/mol. The van der Waals surface area contributed by atoms with E-state index in [4.69, 9.17) is 0 Å². The van der Waals surface area contributed by atoms with Crippen LogP contribution in [-0.2, 0) is 0 Å². The van der Waals surface area contributed by atoms with Crippen LogP contribution in [0.25, 0.3) is 0 Å². The third-order valence-corrected chi connectivity index (χ3v) is 13.3. The summed E-state index contributed by atoms with van der Waals surface area (Å²) in [5.74, 6) is 5.87. The van der Waals surface area contributed by atoms with Crippen LogP contribution < -0.4 is 21.3 Å². The third kappa shape index (κ3) is 3.50. The normalized spacial score (nSPS) is 51.0. The molecule has 9 nitrogen and oxygen atoms in total. The van der Waals surface area contributed by atoms with Crippen molar-refractivity contribution < 1.29 is 4.92 Å². The van der Waals surface area contributed by atoms with Crippen LogP contribution in [0.2, 0.25) is 0 Å². The van der Waals surface area contributed by atoms with Gasteiger partial charge in [0.1, 0.15) is 43.2 Å². The molecule has 8 aliphatic heterocycles. The molecule has 9 heteroatoms. The molecule has 10 unspecified atom stereocenters. The zero-order chi connectivity index (χ0) is 29.1. The molecular formula is C33H60N9+. The first kappa shape index (κ1) is 28.5. The Hall–Kier alpha value is -0.940. The summed E-state index contributed by atoms with van der Waals surface area (Å²) in [5, 5.41) is 29.0. The van der Waals surface area contributed by atoms with Gasteiger partial charge in [0.2, 0.25) is 0 Å². The van der Waals surface area contributed by atoms with Crippen LogP contribution in [0, 0.1) is 41.4 Å². The van der Waals surface area contributed by atoms with Gasteiger partial charge in [0.05, 0.1) is 0 Å². The first-order valence-electron chi connectivity index (χ1n) is 18.2. The highest BCUT2D eigenvalue weighted by Gasteiger charge is 2.83. The van der Waals surface area contributed by atoms with Crippen molar-refractivity contribution in [2.75, 3.05) is 0 Å². The number of nitrogens with zero attached hydrogens (tertiary/aromatic N) is 5. The number of hydrogen-bond acceptors (Lipinski definition) is 8. The average Bonchev–Trinajstić information content (AvgIpc) is 3.68. The minimum Gasteiger partial charge on any atom is -0.348 e. The summed E-state index contributed by atoms with van der Waals surface area (Å²) in [5.41, 5.74) is 0. The van der Waals surface area contributed by atoms with Crippen molar-refractivity contribution in [2.45, 2.75) is 156 Å². The zero-order valence-corrected chi connectivity index (χ0v) is 27.5. The van der Waals surface area contributed by atoms with Gasteiger partial charge in [-0.1, -0.05) is 95.6 Å². The van der Waals surface area contributed by atoms with Crippen molar-refractivity contribution in [1.82, 2.24) is 41.3 Å². The van der Waals surface area contributed by atoms with E-state index in [0.29, 0.717) is 78.7 Å². The fourth-order valence-corrected chi connectivity index (χ4v) is 11.2.